The van der Waals surface area contributed by atoms with Crippen molar-refractivity contribution in [1.82, 2.24) is 10.2 Å². The minimum Gasteiger partial charge on any atom is -0.496 e. The van der Waals surface area contributed by atoms with E-state index in [1.807, 2.05) is 19.2 Å². The average Bonchev–Trinajstić information content (AvgIpc) is 2.42. The molecule has 1 atom stereocenters. The number of hydrogen-bond acceptors (Lipinski definition) is 3. The summed E-state index contributed by atoms with van der Waals surface area (Å²) in [6.45, 7) is 3.27. The minimum atomic E-state index is 0.661. The fourth-order valence-corrected chi connectivity index (χ4v) is 2.79. The van der Waals surface area contributed by atoms with Gasteiger partial charge in [-0.1, -0.05) is 24.6 Å². The van der Waals surface area contributed by atoms with E-state index in [0.29, 0.717) is 6.04 Å². The SMILES string of the molecule is CNCC1CCCCN1Cc1ccccc1OC. The Balaban J connectivity index is 2.05. The lowest BCUT2D eigenvalue weighted by molar-refractivity contribution is 0.138. The van der Waals surface area contributed by atoms with Crippen LogP contribution in [0.2, 0.25) is 0 Å². The monoisotopic (exact) mass is 248 g/mol. The topological polar surface area (TPSA) is 24.5 Å². The van der Waals surface area contributed by atoms with Crippen molar-refractivity contribution in [2.45, 2.75) is 31.8 Å². The van der Waals surface area contributed by atoms with Crippen LogP contribution in [0.15, 0.2) is 24.3 Å². The molecule has 3 nitrogen and oxygen atoms in total. The predicted octanol–water partition coefficient (Wildman–Crippen LogP) is 2.27. The van der Waals surface area contributed by atoms with Crippen LogP contribution >= 0.6 is 0 Å². The van der Waals surface area contributed by atoms with Gasteiger partial charge in [0.25, 0.3) is 0 Å². The second-order valence-corrected chi connectivity index (χ2v) is 4.99. The first-order valence-electron chi connectivity index (χ1n) is 6.85. The van der Waals surface area contributed by atoms with Crippen LogP contribution in [0.3, 0.4) is 0 Å². The summed E-state index contributed by atoms with van der Waals surface area (Å²) in [5.41, 5.74) is 1.29. The fourth-order valence-electron chi connectivity index (χ4n) is 2.79. The number of nitrogens with one attached hydrogen (secondary N) is 1. The Morgan fingerprint density at radius 3 is 2.94 bits per heavy atom. The van der Waals surface area contributed by atoms with E-state index in [1.165, 1.54) is 31.4 Å². The van der Waals surface area contributed by atoms with Crippen molar-refractivity contribution in [3.63, 3.8) is 0 Å². The van der Waals surface area contributed by atoms with Crippen LogP contribution in [0.25, 0.3) is 0 Å². The summed E-state index contributed by atoms with van der Waals surface area (Å²) in [7, 11) is 3.79. The summed E-state index contributed by atoms with van der Waals surface area (Å²) in [6.07, 6.45) is 3.97. The van der Waals surface area contributed by atoms with Gasteiger partial charge in [-0.05, 0) is 32.5 Å². The molecule has 2 rings (SSSR count). The third-order valence-electron chi connectivity index (χ3n) is 3.75. The van der Waals surface area contributed by atoms with Gasteiger partial charge in [-0.25, -0.2) is 0 Å². The molecule has 1 N–H and O–H groups in total. The number of nitrogens with zero attached hydrogens (tertiary/aromatic N) is 1. The van der Waals surface area contributed by atoms with E-state index >= 15 is 0 Å². The van der Waals surface area contributed by atoms with Crippen LogP contribution in [0.4, 0.5) is 0 Å². The Labute approximate surface area is 110 Å². The van der Waals surface area contributed by atoms with E-state index in [2.05, 4.69) is 22.3 Å². The van der Waals surface area contributed by atoms with Crippen molar-refractivity contribution in [2.24, 2.45) is 0 Å². The third kappa shape index (κ3) is 3.24. The number of benzene rings is 1. The van der Waals surface area contributed by atoms with Gasteiger partial charge in [0.15, 0.2) is 0 Å². The van der Waals surface area contributed by atoms with Crippen LogP contribution in [0, 0.1) is 0 Å². The molecule has 0 radical (unpaired) electrons. The number of likely N-dealkylation sites (N-methyl/N-ethyl adjacent to an activating group) is 1. The summed E-state index contributed by atoms with van der Waals surface area (Å²) in [5, 5.41) is 3.31. The van der Waals surface area contributed by atoms with Crippen LogP contribution in [0.1, 0.15) is 24.8 Å². The van der Waals surface area contributed by atoms with Gasteiger partial charge in [0, 0.05) is 24.7 Å². The molecule has 0 bridgehead atoms. The highest BCUT2D eigenvalue weighted by Crippen LogP contribution is 2.24. The van der Waals surface area contributed by atoms with Crippen LogP contribution < -0.4 is 10.1 Å². The highest BCUT2D eigenvalue weighted by molar-refractivity contribution is 5.33. The number of methoxy groups -OCH3 is 1. The maximum Gasteiger partial charge on any atom is 0.123 e. The van der Waals surface area contributed by atoms with Gasteiger partial charge in [-0.15, -0.1) is 0 Å². The Bertz CT molecular complexity index is 365. The molecule has 1 saturated heterocycles. The van der Waals surface area contributed by atoms with Crippen molar-refractivity contribution < 1.29 is 4.74 Å². The zero-order valence-corrected chi connectivity index (χ0v) is 11.5. The zero-order valence-electron chi connectivity index (χ0n) is 11.5. The first-order chi connectivity index (χ1) is 8.85. The van der Waals surface area contributed by atoms with Crippen molar-refractivity contribution in [2.75, 3.05) is 27.2 Å². The smallest absolute Gasteiger partial charge is 0.123 e. The summed E-state index contributed by atoms with van der Waals surface area (Å²) < 4.78 is 5.44. The first-order valence-corrected chi connectivity index (χ1v) is 6.85. The summed E-state index contributed by atoms with van der Waals surface area (Å²) in [6, 6.07) is 9.00. The van der Waals surface area contributed by atoms with Gasteiger partial charge in [-0.2, -0.15) is 0 Å². The Morgan fingerprint density at radius 1 is 1.33 bits per heavy atom. The summed E-state index contributed by atoms with van der Waals surface area (Å²) in [4.78, 5) is 2.58. The molecule has 0 saturated carbocycles. The lowest BCUT2D eigenvalue weighted by atomic mass is 10.0. The van der Waals surface area contributed by atoms with Gasteiger partial charge >= 0.3 is 0 Å². The van der Waals surface area contributed by atoms with Crippen molar-refractivity contribution >= 4 is 0 Å². The average molecular weight is 248 g/mol. The largest absolute Gasteiger partial charge is 0.496 e. The van der Waals surface area contributed by atoms with Gasteiger partial charge < -0.3 is 10.1 Å². The third-order valence-corrected chi connectivity index (χ3v) is 3.75. The van der Waals surface area contributed by atoms with Crippen LogP contribution in [-0.4, -0.2) is 38.2 Å². The van der Waals surface area contributed by atoms with E-state index in [4.69, 9.17) is 4.74 Å². The van der Waals surface area contributed by atoms with Crippen molar-refractivity contribution in [3.8, 4) is 5.75 Å². The number of hydrogen-bond donors (Lipinski definition) is 1. The predicted molar refractivity (Wildman–Crippen MR) is 75.0 cm³/mol. The zero-order chi connectivity index (χ0) is 12.8. The lowest BCUT2D eigenvalue weighted by Crippen LogP contribution is -2.44. The highest BCUT2D eigenvalue weighted by Gasteiger charge is 2.22. The molecular formula is C15H24N2O. The molecule has 0 aromatic heterocycles. The van der Waals surface area contributed by atoms with Crippen LogP contribution in [-0.2, 0) is 6.54 Å². The van der Waals surface area contributed by atoms with Gasteiger partial charge in [0.2, 0.25) is 0 Å². The molecule has 1 aromatic carbocycles. The molecule has 0 aliphatic carbocycles. The highest BCUT2D eigenvalue weighted by atomic mass is 16.5. The minimum absolute atomic E-state index is 0.661. The molecular weight excluding hydrogens is 224 g/mol. The number of para-hydroxylation sites is 1. The lowest BCUT2D eigenvalue weighted by Gasteiger charge is -2.36. The molecule has 18 heavy (non-hydrogen) atoms. The van der Waals surface area contributed by atoms with E-state index < -0.39 is 0 Å². The normalized spacial score (nSPS) is 20.9. The van der Waals surface area contributed by atoms with Gasteiger partial charge in [-0.3, -0.25) is 4.90 Å². The van der Waals surface area contributed by atoms with Crippen molar-refractivity contribution in [3.05, 3.63) is 29.8 Å². The Hall–Kier alpha value is -1.06. The molecule has 1 unspecified atom stereocenters. The van der Waals surface area contributed by atoms with Crippen LogP contribution in [0.5, 0.6) is 5.75 Å². The molecule has 3 heteroatoms. The molecule has 100 valence electrons. The Kier molecular flexibility index (Phi) is 5.02. The number of piperidine rings is 1. The fraction of sp³-hybridized carbons (Fsp3) is 0.600. The number of likely N-dealkylation sites (tertiary alicyclic amines) is 1. The van der Waals surface area contributed by atoms with E-state index in [1.54, 1.807) is 7.11 Å². The first kappa shape index (κ1) is 13.4. The van der Waals surface area contributed by atoms with E-state index in [-0.39, 0.29) is 0 Å². The summed E-state index contributed by atoms with van der Waals surface area (Å²) in [5.74, 6) is 1.01. The van der Waals surface area contributed by atoms with E-state index in [0.717, 1.165) is 18.8 Å². The van der Waals surface area contributed by atoms with E-state index in [9.17, 15) is 0 Å². The molecule has 0 spiro atoms. The van der Waals surface area contributed by atoms with Gasteiger partial charge in [0.05, 0.1) is 7.11 Å². The Morgan fingerprint density at radius 2 is 2.17 bits per heavy atom. The quantitative estimate of drug-likeness (QED) is 0.865. The molecule has 1 aliphatic heterocycles. The molecule has 1 heterocycles. The maximum atomic E-state index is 5.44. The maximum absolute atomic E-state index is 5.44. The molecule has 1 aliphatic rings. The van der Waals surface area contributed by atoms with Gasteiger partial charge in [0.1, 0.15) is 5.75 Å². The summed E-state index contributed by atoms with van der Waals surface area (Å²) >= 11 is 0. The number of rotatable bonds is 5. The molecule has 1 fully saturated rings. The standard InChI is InChI=1S/C15H24N2O/c1-16-11-14-8-5-6-10-17(14)12-13-7-3-4-9-15(13)18-2/h3-4,7,9,14,16H,5-6,8,10-12H2,1-2H3. The molecule has 1 aromatic rings. The number of ether oxygens (including phenoxy) is 1. The second-order valence-electron chi connectivity index (χ2n) is 4.99. The van der Waals surface area contributed by atoms with Crippen molar-refractivity contribution in [1.29, 1.82) is 0 Å². The second kappa shape index (κ2) is 6.76. The molecule has 0 amide bonds.